The molecule has 0 saturated carbocycles. The zero-order valence-electron chi connectivity index (χ0n) is 38.1. The minimum Gasteiger partial charge on any atom is -0.326 e. The van der Waals surface area contributed by atoms with Crippen LogP contribution in [0.1, 0.15) is 73.7 Å². The van der Waals surface area contributed by atoms with Gasteiger partial charge in [-0.25, -0.2) is 0 Å². The summed E-state index contributed by atoms with van der Waals surface area (Å²) in [5, 5.41) is 28.9. The minimum atomic E-state index is -2.41. The summed E-state index contributed by atoms with van der Waals surface area (Å²) in [7, 11) is 0. The van der Waals surface area contributed by atoms with Gasteiger partial charge in [0, 0.05) is 41.0 Å². The van der Waals surface area contributed by atoms with Gasteiger partial charge in [0.25, 0.3) is 0 Å². The van der Waals surface area contributed by atoms with Crippen LogP contribution in [0.4, 0.5) is 34.1 Å². The molecule has 0 atom stereocenters. The van der Waals surface area contributed by atoms with Gasteiger partial charge in [-0.15, -0.1) is 0 Å². The molecule has 0 aliphatic heterocycles. The largest absolute Gasteiger partial charge is 0.326 e. The Balaban J connectivity index is 0.000000252. The molecule has 6 aromatic carbocycles. The van der Waals surface area contributed by atoms with Crippen molar-refractivity contribution in [3.63, 3.8) is 0 Å². The number of benzene rings is 6. The van der Waals surface area contributed by atoms with Gasteiger partial charge in [0.05, 0.1) is 6.07 Å². The van der Waals surface area contributed by atoms with Crippen molar-refractivity contribution in [1.82, 2.24) is 0 Å². The molecule has 6 aromatic rings. The maximum atomic E-state index is 7.32. The quantitative estimate of drug-likeness (QED) is 0.0672. The summed E-state index contributed by atoms with van der Waals surface area (Å²) in [6.07, 6.45) is 0. The molecule has 0 aromatic heterocycles. The molecule has 0 unspecified atom stereocenters. The number of anilines is 6. The number of rotatable bonds is 12. The van der Waals surface area contributed by atoms with Crippen molar-refractivity contribution in [2.24, 2.45) is 0 Å². The van der Waals surface area contributed by atoms with Crippen LogP contribution in [0, 0.1) is 94.4 Å². The molecule has 320 valence electrons. The van der Waals surface area contributed by atoms with Gasteiger partial charge in [-0.1, -0.05) is 36.4 Å². The smallest absolute Gasteiger partial charge is 0.211 e. The third-order valence-corrected chi connectivity index (χ3v) is 15.8. The third kappa shape index (κ3) is 14.5. The Labute approximate surface area is 376 Å². The van der Waals surface area contributed by atoms with Crippen molar-refractivity contribution >= 4 is 70.7 Å². The molecule has 61 heavy (non-hydrogen) atoms. The highest BCUT2D eigenvalue weighted by Crippen LogP contribution is 2.48. The van der Waals surface area contributed by atoms with E-state index in [2.05, 4.69) is 223 Å². The van der Waals surface area contributed by atoms with Crippen LogP contribution in [0.5, 0.6) is 0 Å². The lowest BCUT2D eigenvalue weighted by molar-refractivity contribution is 1.34. The van der Waals surface area contributed by atoms with E-state index >= 15 is 0 Å². The van der Waals surface area contributed by atoms with Crippen LogP contribution in [-0.4, -0.2) is 0 Å². The van der Waals surface area contributed by atoms with E-state index in [-0.39, 0.29) is 0 Å². The SMILES string of the molecule is CC#N.Cc1ccc(NP(=S)(Nc2ccc(C)c(C)c2)Nc2ccc(C)c(C)c2)cc1C.Cc1ccc(NP(=S)(Nc2ccc(C)c(C)c2)Nc2ccc(C)c(C)c2)cc1C. The van der Waals surface area contributed by atoms with Gasteiger partial charge in [0.15, 0.2) is 0 Å². The summed E-state index contributed by atoms with van der Waals surface area (Å²) < 4.78 is 0. The van der Waals surface area contributed by atoms with E-state index in [9.17, 15) is 0 Å². The fourth-order valence-corrected chi connectivity index (χ4v) is 11.4. The molecule has 0 spiro atoms. The molecule has 0 fully saturated rings. The number of nitriles is 1. The molecule has 6 N–H and O–H groups in total. The number of hydrogen-bond donors (Lipinski definition) is 6. The number of hydrogen-bond acceptors (Lipinski definition) is 3. The molecule has 0 heterocycles. The molecular formula is C50H63N7P2S2. The average molecular weight is 888 g/mol. The Morgan fingerprint density at radius 2 is 0.443 bits per heavy atom. The van der Waals surface area contributed by atoms with Crippen molar-refractivity contribution in [3.8, 4) is 6.07 Å². The Bertz CT molecular complexity index is 2190. The fraction of sp³-hybridized carbons (Fsp3) is 0.260. The maximum Gasteiger partial charge on any atom is 0.211 e. The molecule has 0 bridgehead atoms. The van der Waals surface area contributed by atoms with Crippen molar-refractivity contribution in [1.29, 1.82) is 5.26 Å². The van der Waals surface area contributed by atoms with Crippen molar-refractivity contribution in [3.05, 3.63) is 176 Å². The maximum absolute atomic E-state index is 7.32. The van der Waals surface area contributed by atoms with Crippen molar-refractivity contribution in [2.45, 2.75) is 90.0 Å². The van der Waals surface area contributed by atoms with Crippen molar-refractivity contribution in [2.75, 3.05) is 30.5 Å². The Hall–Kier alpha value is -5.09. The fourth-order valence-electron chi connectivity index (χ4n) is 6.12. The number of nitrogens with one attached hydrogen (secondary N) is 6. The lowest BCUT2D eigenvalue weighted by Crippen LogP contribution is -2.14. The van der Waals surface area contributed by atoms with Gasteiger partial charge in [-0.2, -0.15) is 5.26 Å². The normalized spacial score (nSPS) is 10.8. The molecule has 6 rings (SSSR count). The summed E-state index contributed by atoms with van der Waals surface area (Å²) in [6, 6.07) is 40.0. The zero-order valence-corrected chi connectivity index (χ0v) is 41.5. The van der Waals surface area contributed by atoms with Gasteiger partial charge < -0.3 is 30.5 Å². The van der Waals surface area contributed by atoms with E-state index in [1.165, 1.54) is 73.7 Å². The first-order valence-corrected chi connectivity index (χ1v) is 26.0. The van der Waals surface area contributed by atoms with Gasteiger partial charge in [-0.3, -0.25) is 0 Å². The van der Waals surface area contributed by atoms with E-state index < -0.39 is 13.0 Å². The van der Waals surface area contributed by atoms with Gasteiger partial charge >= 0.3 is 0 Å². The molecular weight excluding hydrogens is 825 g/mol. The highest BCUT2D eigenvalue weighted by molar-refractivity contribution is 8.17. The summed E-state index contributed by atoms with van der Waals surface area (Å²) in [4.78, 5) is 0. The second-order valence-electron chi connectivity index (χ2n) is 15.9. The van der Waals surface area contributed by atoms with E-state index in [0.717, 1.165) is 34.1 Å². The first-order valence-electron chi connectivity index (χ1n) is 20.4. The van der Waals surface area contributed by atoms with Crippen LogP contribution in [0.2, 0.25) is 0 Å². The van der Waals surface area contributed by atoms with Crippen LogP contribution in [0.25, 0.3) is 0 Å². The highest BCUT2D eigenvalue weighted by Gasteiger charge is 2.20. The van der Waals surface area contributed by atoms with Crippen LogP contribution in [0.15, 0.2) is 109 Å². The van der Waals surface area contributed by atoms with Crippen LogP contribution < -0.4 is 30.5 Å². The van der Waals surface area contributed by atoms with Gasteiger partial charge in [0.2, 0.25) is 13.0 Å². The average Bonchev–Trinajstić information content (AvgIpc) is 3.18. The summed E-state index contributed by atoms with van der Waals surface area (Å²) >= 11 is 12.3. The lowest BCUT2D eigenvalue weighted by atomic mass is 10.1. The first-order chi connectivity index (χ1) is 28.7. The third-order valence-electron chi connectivity index (χ3n) is 10.8. The Morgan fingerprint density at radius 3 is 0.557 bits per heavy atom. The van der Waals surface area contributed by atoms with Crippen molar-refractivity contribution < 1.29 is 0 Å². The standard InChI is InChI=1S/2C24H30N3PS.C2H3N/c2*1-16-7-10-22(13-19(16)4)25-28(29,26-23-11-8-17(2)20(5)14-23)27-24-12-9-18(3)21(6)15-24;1-2-3/h2*7-15H,1-6H3,(H3,25,26,27,29);1H3. The predicted octanol–water partition coefficient (Wildman–Crippen LogP) is 15.3. The second-order valence-corrected chi connectivity index (χ2v) is 23.0. The molecule has 0 amide bonds. The van der Waals surface area contributed by atoms with E-state index in [1.807, 2.05) is 0 Å². The predicted molar refractivity (Wildman–Crippen MR) is 277 cm³/mol. The zero-order chi connectivity index (χ0) is 45.1. The minimum absolute atomic E-state index is 1.02. The number of nitrogens with zero attached hydrogens (tertiary/aromatic N) is 1. The van der Waals surface area contributed by atoms with Crippen LogP contribution >= 0.6 is 13.0 Å². The van der Waals surface area contributed by atoms with Gasteiger partial charge in [-0.05, 0) is 246 Å². The lowest BCUT2D eigenvalue weighted by Gasteiger charge is -2.29. The van der Waals surface area contributed by atoms with E-state index in [1.54, 1.807) is 6.07 Å². The summed E-state index contributed by atoms with van der Waals surface area (Å²) in [5.74, 6) is 0. The molecule has 11 heteroatoms. The van der Waals surface area contributed by atoms with E-state index in [4.69, 9.17) is 28.9 Å². The summed E-state index contributed by atoms with van der Waals surface area (Å²) in [5.41, 5.74) is 21.2. The Morgan fingerprint density at radius 1 is 0.311 bits per heavy atom. The Kier molecular flexibility index (Phi) is 17.2. The summed E-state index contributed by atoms with van der Waals surface area (Å²) in [6.45, 7) is 22.1. The van der Waals surface area contributed by atoms with E-state index in [0.29, 0.717) is 0 Å². The molecule has 0 aliphatic carbocycles. The second kappa shape index (κ2) is 21.6. The monoisotopic (exact) mass is 887 g/mol. The highest BCUT2D eigenvalue weighted by atomic mass is 32.5. The molecule has 7 nitrogen and oxygen atoms in total. The topological polar surface area (TPSA) is 96.0 Å². The number of aryl methyl sites for hydroxylation is 12. The van der Waals surface area contributed by atoms with Gasteiger partial charge in [0.1, 0.15) is 0 Å². The van der Waals surface area contributed by atoms with Crippen LogP contribution in [-0.2, 0) is 23.6 Å². The first kappa shape index (κ1) is 48.6. The molecule has 0 aliphatic rings. The molecule has 0 radical (unpaired) electrons. The van der Waals surface area contributed by atoms with Crippen LogP contribution in [0.3, 0.4) is 0 Å². The molecule has 0 saturated heterocycles.